The topological polar surface area (TPSA) is 74.0 Å². The number of hydrogen-bond acceptors (Lipinski definition) is 5. The van der Waals surface area contributed by atoms with Crippen molar-refractivity contribution in [2.45, 2.75) is 6.92 Å². The molecule has 2 aromatic carbocycles. The molecular weight excluding hydrogens is 284 g/mol. The van der Waals surface area contributed by atoms with Gasteiger partial charge in [0.05, 0.1) is 24.8 Å². The molecule has 0 N–H and O–H groups in total. The fraction of sp³-hybridized carbons (Fsp3) is 0.188. The van der Waals surface area contributed by atoms with E-state index in [9.17, 15) is 10.1 Å². The number of hydrogen-bond donors (Lipinski definition) is 0. The van der Waals surface area contributed by atoms with Crippen molar-refractivity contribution in [3.05, 3.63) is 57.6 Å². The van der Waals surface area contributed by atoms with Crippen LogP contribution in [-0.2, 0) is 0 Å². The number of nitrogens with zero attached hydrogens (tertiary/aromatic N) is 2. The SMILES string of the molecule is COc1ccc([N+](=O)[O-])c(C=Nc2ccc(C)cc2)c1OC. The third-order valence-electron chi connectivity index (χ3n) is 3.13. The maximum absolute atomic E-state index is 11.2. The molecule has 2 aromatic rings. The predicted molar refractivity (Wildman–Crippen MR) is 84.6 cm³/mol. The molecule has 0 amide bonds. The first-order valence-corrected chi connectivity index (χ1v) is 6.57. The molecule has 0 heterocycles. The maximum atomic E-state index is 11.2. The molecule has 114 valence electrons. The number of rotatable bonds is 5. The molecule has 0 bridgehead atoms. The Morgan fingerprint density at radius 3 is 2.32 bits per heavy atom. The zero-order valence-electron chi connectivity index (χ0n) is 12.6. The van der Waals surface area contributed by atoms with Gasteiger partial charge in [-0.15, -0.1) is 0 Å². The number of aliphatic imine (C=N–C) groups is 1. The van der Waals surface area contributed by atoms with Gasteiger partial charge in [0.2, 0.25) is 0 Å². The van der Waals surface area contributed by atoms with Crippen LogP contribution < -0.4 is 9.47 Å². The highest BCUT2D eigenvalue weighted by molar-refractivity contribution is 5.92. The molecule has 0 unspecified atom stereocenters. The Balaban J connectivity index is 2.51. The Kier molecular flexibility index (Phi) is 4.73. The van der Waals surface area contributed by atoms with Crippen molar-refractivity contribution < 1.29 is 14.4 Å². The average molecular weight is 300 g/mol. The summed E-state index contributed by atoms with van der Waals surface area (Å²) in [4.78, 5) is 15.0. The zero-order valence-corrected chi connectivity index (χ0v) is 12.6. The molecule has 22 heavy (non-hydrogen) atoms. The van der Waals surface area contributed by atoms with E-state index in [1.165, 1.54) is 32.6 Å². The summed E-state index contributed by atoms with van der Waals surface area (Å²) in [7, 11) is 2.91. The van der Waals surface area contributed by atoms with Crippen LogP contribution in [0.2, 0.25) is 0 Å². The molecule has 0 aliphatic carbocycles. The van der Waals surface area contributed by atoms with Gasteiger partial charge in [-0.1, -0.05) is 17.7 Å². The third-order valence-corrected chi connectivity index (χ3v) is 3.13. The normalized spacial score (nSPS) is 10.7. The molecule has 6 heteroatoms. The number of nitro benzene ring substituents is 1. The quantitative estimate of drug-likeness (QED) is 0.479. The van der Waals surface area contributed by atoms with E-state index in [1.54, 1.807) is 0 Å². The summed E-state index contributed by atoms with van der Waals surface area (Å²) >= 11 is 0. The van der Waals surface area contributed by atoms with Crippen molar-refractivity contribution in [2.24, 2.45) is 4.99 Å². The molecular formula is C16H16N2O4. The lowest BCUT2D eigenvalue weighted by molar-refractivity contribution is -0.385. The number of ether oxygens (including phenoxy) is 2. The summed E-state index contributed by atoms with van der Waals surface area (Å²) in [6.45, 7) is 1.98. The van der Waals surface area contributed by atoms with Crippen LogP contribution in [0.4, 0.5) is 11.4 Å². The summed E-state index contributed by atoms with van der Waals surface area (Å²) in [6.07, 6.45) is 1.42. The van der Waals surface area contributed by atoms with Crippen molar-refractivity contribution in [1.29, 1.82) is 0 Å². The lowest BCUT2D eigenvalue weighted by atomic mass is 10.1. The molecule has 2 rings (SSSR count). The number of nitro groups is 1. The van der Waals surface area contributed by atoms with Crippen molar-refractivity contribution in [2.75, 3.05) is 14.2 Å². The Labute approximate surface area is 128 Å². The molecule has 6 nitrogen and oxygen atoms in total. The van der Waals surface area contributed by atoms with Crippen molar-refractivity contribution in [3.63, 3.8) is 0 Å². The molecule has 0 saturated heterocycles. The minimum absolute atomic E-state index is 0.0893. The average Bonchev–Trinajstić information content (AvgIpc) is 2.53. The van der Waals surface area contributed by atoms with Gasteiger partial charge in [-0.05, 0) is 25.1 Å². The van der Waals surface area contributed by atoms with E-state index in [0.717, 1.165) is 5.56 Å². The van der Waals surface area contributed by atoms with Crippen LogP contribution in [0.3, 0.4) is 0 Å². The van der Waals surface area contributed by atoms with Crippen LogP contribution in [0, 0.1) is 17.0 Å². The van der Waals surface area contributed by atoms with Crippen LogP contribution >= 0.6 is 0 Å². The maximum Gasteiger partial charge on any atom is 0.282 e. The molecule has 0 aliphatic heterocycles. The van der Waals surface area contributed by atoms with Gasteiger partial charge in [0, 0.05) is 12.3 Å². The van der Waals surface area contributed by atoms with Gasteiger partial charge in [0.15, 0.2) is 11.5 Å². The first-order valence-electron chi connectivity index (χ1n) is 6.57. The highest BCUT2D eigenvalue weighted by Crippen LogP contribution is 2.36. The second-order valence-electron chi connectivity index (χ2n) is 4.58. The Hall–Kier alpha value is -2.89. The molecule has 0 spiro atoms. The molecule has 0 fully saturated rings. The number of aryl methyl sites for hydroxylation is 1. The highest BCUT2D eigenvalue weighted by atomic mass is 16.6. The van der Waals surface area contributed by atoms with Crippen molar-refractivity contribution in [1.82, 2.24) is 0 Å². The van der Waals surface area contributed by atoms with E-state index in [-0.39, 0.29) is 17.0 Å². The molecule has 0 saturated carbocycles. The van der Waals surface area contributed by atoms with Crippen LogP contribution in [0.25, 0.3) is 0 Å². The van der Waals surface area contributed by atoms with Gasteiger partial charge in [-0.2, -0.15) is 0 Å². The van der Waals surface area contributed by atoms with Gasteiger partial charge in [-0.25, -0.2) is 0 Å². The zero-order chi connectivity index (χ0) is 16.1. The van der Waals surface area contributed by atoms with Gasteiger partial charge >= 0.3 is 0 Å². The Bertz CT molecular complexity index is 709. The standard InChI is InChI=1S/C16H16N2O4/c1-11-4-6-12(7-5-11)17-10-13-14(18(19)20)8-9-15(21-2)16(13)22-3/h4-10H,1-3H3. The third kappa shape index (κ3) is 3.22. The van der Waals surface area contributed by atoms with Gasteiger partial charge < -0.3 is 9.47 Å². The minimum Gasteiger partial charge on any atom is -0.493 e. The first-order chi connectivity index (χ1) is 10.6. The van der Waals surface area contributed by atoms with E-state index >= 15 is 0 Å². The van der Waals surface area contributed by atoms with Crippen molar-refractivity contribution >= 4 is 17.6 Å². The van der Waals surface area contributed by atoms with E-state index in [4.69, 9.17) is 9.47 Å². The van der Waals surface area contributed by atoms with Crippen LogP contribution in [0.15, 0.2) is 41.4 Å². The largest absolute Gasteiger partial charge is 0.493 e. The molecule has 0 atom stereocenters. The Morgan fingerprint density at radius 2 is 1.77 bits per heavy atom. The first kappa shape index (κ1) is 15.5. The smallest absolute Gasteiger partial charge is 0.282 e. The second kappa shape index (κ2) is 6.71. The van der Waals surface area contributed by atoms with Gasteiger partial charge in [0.1, 0.15) is 5.56 Å². The van der Waals surface area contributed by atoms with E-state index in [1.807, 2.05) is 31.2 Å². The van der Waals surface area contributed by atoms with Crippen molar-refractivity contribution in [3.8, 4) is 11.5 Å². The molecule has 0 aromatic heterocycles. The summed E-state index contributed by atoms with van der Waals surface area (Å²) in [6, 6.07) is 10.4. The van der Waals surface area contributed by atoms with Crippen LogP contribution in [-0.4, -0.2) is 25.4 Å². The fourth-order valence-electron chi connectivity index (χ4n) is 1.99. The highest BCUT2D eigenvalue weighted by Gasteiger charge is 2.21. The van der Waals surface area contributed by atoms with E-state index in [2.05, 4.69) is 4.99 Å². The van der Waals surface area contributed by atoms with Crippen LogP contribution in [0.1, 0.15) is 11.1 Å². The number of benzene rings is 2. The minimum atomic E-state index is -0.474. The lowest BCUT2D eigenvalue weighted by Gasteiger charge is -2.10. The van der Waals surface area contributed by atoms with Gasteiger partial charge in [-0.3, -0.25) is 15.1 Å². The monoisotopic (exact) mass is 300 g/mol. The Morgan fingerprint density at radius 1 is 1.09 bits per heavy atom. The lowest BCUT2D eigenvalue weighted by Crippen LogP contribution is -2.00. The van der Waals surface area contributed by atoms with E-state index in [0.29, 0.717) is 11.4 Å². The number of methoxy groups -OCH3 is 2. The van der Waals surface area contributed by atoms with Crippen LogP contribution in [0.5, 0.6) is 11.5 Å². The molecule has 0 aliphatic rings. The summed E-state index contributed by atoms with van der Waals surface area (Å²) in [5.41, 5.74) is 1.99. The van der Waals surface area contributed by atoms with E-state index < -0.39 is 4.92 Å². The summed E-state index contributed by atoms with van der Waals surface area (Å²) in [5, 5.41) is 11.2. The second-order valence-corrected chi connectivity index (χ2v) is 4.58. The summed E-state index contributed by atoms with van der Waals surface area (Å²) < 4.78 is 10.4. The summed E-state index contributed by atoms with van der Waals surface area (Å²) in [5.74, 6) is 0.700. The fourth-order valence-corrected chi connectivity index (χ4v) is 1.99. The molecule has 0 radical (unpaired) electrons. The van der Waals surface area contributed by atoms with Gasteiger partial charge in [0.25, 0.3) is 5.69 Å². The predicted octanol–water partition coefficient (Wildman–Crippen LogP) is 3.67.